The number of hydrogen-bond acceptors (Lipinski definition) is 3. The van der Waals surface area contributed by atoms with Crippen LogP contribution < -0.4 is 0 Å². The summed E-state index contributed by atoms with van der Waals surface area (Å²) >= 11 is 0. The molecule has 31 heavy (non-hydrogen) atoms. The van der Waals surface area contributed by atoms with Crippen LogP contribution in [0.1, 0.15) is 51.9 Å². The van der Waals surface area contributed by atoms with E-state index in [0.717, 1.165) is 44.2 Å². The second-order valence-electron chi connectivity index (χ2n) is 9.88. The number of fused-ring (bicyclic) bond motifs is 4. The standard InChI is InChI=1S/C27H32N2O2/c1-3-20(29-14-13-28-17-29)6-4-5-19-16-27(2)24(11-12-25(27)31)23-9-7-18-15-21(30)8-10-22(18)26(19)23/h3-6,13-15,17,19,23-25,31H,1,7-12,16H2,2H3. The van der Waals surface area contributed by atoms with Crippen molar-refractivity contribution in [2.24, 2.45) is 23.2 Å². The van der Waals surface area contributed by atoms with E-state index in [9.17, 15) is 9.90 Å². The summed E-state index contributed by atoms with van der Waals surface area (Å²) in [6, 6.07) is 0. The fourth-order valence-electron chi connectivity index (χ4n) is 6.83. The molecule has 5 atom stereocenters. The van der Waals surface area contributed by atoms with Crippen LogP contribution in [-0.4, -0.2) is 26.5 Å². The molecular weight excluding hydrogens is 384 g/mol. The van der Waals surface area contributed by atoms with Gasteiger partial charge in [-0.2, -0.15) is 0 Å². The molecule has 4 nitrogen and oxygen atoms in total. The third kappa shape index (κ3) is 3.41. The molecule has 1 aromatic rings. The van der Waals surface area contributed by atoms with Crippen LogP contribution in [0, 0.1) is 23.2 Å². The second kappa shape index (κ2) is 7.90. The van der Waals surface area contributed by atoms with Crippen LogP contribution in [0.15, 0.2) is 72.4 Å². The van der Waals surface area contributed by atoms with Crippen LogP contribution in [-0.2, 0) is 4.79 Å². The van der Waals surface area contributed by atoms with E-state index >= 15 is 0 Å². The molecule has 4 heteroatoms. The van der Waals surface area contributed by atoms with Crippen molar-refractivity contribution >= 4 is 11.5 Å². The summed E-state index contributed by atoms with van der Waals surface area (Å²) in [7, 11) is 0. The summed E-state index contributed by atoms with van der Waals surface area (Å²) in [6.07, 6.45) is 22.2. The zero-order valence-corrected chi connectivity index (χ0v) is 18.3. The van der Waals surface area contributed by atoms with Gasteiger partial charge in [-0.15, -0.1) is 0 Å². The number of aliphatic hydroxyl groups excluding tert-OH is 1. The number of hydrogen-bond donors (Lipinski definition) is 1. The molecule has 0 amide bonds. The van der Waals surface area contributed by atoms with Gasteiger partial charge in [0.1, 0.15) is 0 Å². The first kappa shape index (κ1) is 20.4. The normalized spacial score (nSPS) is 35.6. The monoisotopic (exact) mass is 416 g/mol. The summed E-state index contributed by atoms with van der Waals surface area (Å²) in [5, 5.41) is 10.9. The molecular formula is C27H32N2O2. The molecule has 0 radical (unpaired) electrons. The zero-order chi connectivity index (χ0) is 21.6. The summed E-state index contributed by atoms with van der Waals surface area (Å²) < 4.78 is 1.95. The molecule has 1 heterocycles. The maximum Gasteiger partial charge on any atom is 0.156 e. The Morgan fingerprint density at radius 1 is 1.29 bits per heavy atom. The number of ketones is 1. The van der Waals surface area contributed by atoms with E-state index in [-0.39, 0.29) is 17.3 Å². The lowest BCUT2D eigenvalue weighted by atomic mass is 9.54. The summed E-state index contributed by atoms with van der Waals surface area (Å²) in [4.78, 5) is 16.2. The van der Waals surface area contributed by atoms with E-state index in [1.165, 1.54) is 11.1 Å². The van der Waals surface area contributed by atoms with Gasteiger partial charge in [-0.05, 0) is 91.1 Å². The summed E-state index contributed by atoms with van der Waals surface area (Å²) in [5.41, 5.74) is 5.26. The molecule has 0 bridgehead atoms. The molecule has 162 valence electrons. The number of imidazole rings is 1. The quantitative estimate of drug-likeness (QED) is 0.681. The number of aromatic nitrogens is 2. The Balaban J connectivity index is 1.54. The van der Waals surface area contributed by atoms with E-state index in [0.29, 0.717) is 24.2 Å². The van der Waals surface area contributed by atoms with E-state index in [4.69, 9.17) is 0 Å². The Labute approximate surface area is 184 Å². The van der Waals surface area contributed by atoms with E-state index in [2.05, 4.69) is 36.7 Å². The average Bonchev–Trinajstić information content (AvgIpc) is 3.39. The number of rotatable bonds is 4. The maximum atomic E-state index is 12.1. The predicted octanol–water partition coefficient (Wildman–Crippen LogP) is 5.26. The SMILES string of the molecule is C=CC(=CC=CC1CC2(C)C(O)CCC2C2CCC3=CC(=O)CCC3=C12)n1ccnc1. The Morgan fingerprint density at radius 2 is 2.16 bits per heavy atom. The second-order valence-corrected chi connectivity index (χ2v) is 9.88. The van der Waals surface area contributed by atoms with E-state index in [1.807, 2.05) is 22.9 Å². The fraction of sp³-hybridized carbons (Fsp3) is 0.481. The highest BCUT2D eigenvalue weighted by atomic mass is 16.3. The molecule has 0 spiro atoms. The molecule has 4 aliphatic carbocycles. The van der Waals surface area contributed by atoms with Gasteiger partial charge in [0, 0.05) is 24.5 Å². The van der Waals surface area contributed by atoms with E-state index in [1.54, 1.807) is 18.1 Å². The van der Waals surface area contributed by atoms with Crippen LogP contribution in [0.3, 0.4) is 0 Å². The largest absolute Gasteiger partial charge is 0.393 e. The first-order valence-electron chi connectivity index (χ1n) is 11.7. The molecule has 0 aromatic carbocycles. The number of allylic oxidation sites excluding steroid dienone is 9. The Kier molecular flexibility index (Phi) is 5.21. The highest BCUT2D eigenvalue weighted by Crippen LogP contribution is 2.61. The van der Waals surface area contributed by atoms with Crippen LogP contribution in [0.2, 0.25) is 0 Å². The van der Waals surface area contributed by atoms with Gasteiger partial charge in [0.15, 0.2) is 5.78 Å². The third-order valence-corrected chi connectivity index (χ3v) is 8.34. The Bertz CT molecular complexity index is 1010. The highest BCUT2D eigenvalue weighted by molar-refractivity contribution is 5.93. The lowest BCUT2D eigenvalue weighted by molar-refractivity contribution is -0.114. The van der Waals surface area contributed by atoms with Crippen molar-refractivity contribution < 1.29 is 9.90 Å². The minimum atomic E-state index is -0.213. The van der Waals surface area contributed by atoms with Gasteiger partial charge < -0.3 is 9.67 Å². The van der Waals surface area contributed by atoms with Crippen molar-refractivity contribution in [1.29, 1.82) is 0 Å². The maximum absolute atomic E-state index is 12.1. The van der Waals surface area contributed by atoms with Crippen molar-refractivity contribution in [3.05, 3.63) is 72.4 Å². The average molecular weight is 417 g/mol. The first-order valence-corrected chi connectivity index (χ1v) is 11.7. The molecule has 4 aliphatic rings. The molecule has 5 rings (SSSR count). The van der Waals surface area contributed by atoms with Crippen molar-refractivity contribution in [3.8, 4) is 0 Å². The molecule has 0 saturated heterocycles. The first-order chi connectivity index (χ1) is 15.0. The third-order valence-electron chi connectivity index (χ3n) is 8.34. The summed E-state index contributed by atoms with van der Waals surface area (Å²) in [5.74, 6) is 1.66. The molecule has 2 fully saturated rings. The van der Waals surface area contributed by atoms with Gasteiger partial charge in [-0.25, -0.2) is 4.98 Å². The summed E-state index contributed by atoms with van der Waals surface area (Å²) in [6.45, 7) is 6.25. The van der Waals surface area contributed by atoms with Crippen molar-refractivity contribution in [2.75, 3.05) is 0 Å². The molecule has 0 aliphatic heterocycles. The van der Waals surface area contributed by atoms with Gasteiger partial charge in [-0.3, -0.25) is 4.79 Å². The van der Waals surface area contributed by atoms with Gasteiger partial charge in [0.05, 0.1) is 12.4 Å². The Morgan fingerprint density at radius 3 is 2.94 bits per heavy atom. The van der Waals surface area contributed by atoms with Crippen molar-refractivity contribution in [1.82, 2.24) is 9.55 Å². The van der Waals surface area contributed by atoms with Gasteiger partial charge in [0.25, 0.3) is 0 Å². The molecule has 1 aromatic heterocycles. The number of carbonyl (C=O) groups excluding carboxylic acids is 1. The number of nitrogens with zero attached hydrogens (tertiary/aromatic N) is 2. The topological polar surface area (TPSA) is 55.1 Å². The highest BCUT2D eigenvalue weighted by Gasteiger charge is 2.55. The van der Waals surface area contributed by atoms with Crippen molar-refractivity contribution in [3.63, 3.8) is 0 Å². The van der Waals surface area contributed by atoms with Gasteiger partial charge in [-0.1, -0.05) is 31.2 Å². The van der Waals surface area contributed by atoms with Crippen LogP contribution in [0.4, 0.5) is 0 Å². The zero-order valence-electron chi connectivity index (χ0n) is 18.3. The van der Waals surface area contributed by atoms with Crippen LogP contribution in [0.5, 0.6) is 0 Å². The minimum Gasteiger partial charge on any atom is -0.393 e. The Hall–Kier alpha value is -2.46. The van der Waals surface area contributed by atoms with E-state index < -0.39 is 0 Å². The predicted molar refractivity (Wildman–Crippen MR) is 123 cm³/mol. The minimum absolute atomic E-state index is 0.0230. The fourth-order valence-corrected chi connectivity index (χ4v) is 6.83. The van der Waals surface area contributed by atoms with Crippen molar-refractivity contribution in [2.45, 2.75) is 58.0 Å². The lowest BCUT2D eigenvalue weighted by Gasteiger charge is -2.51. The number of aliphatic hydroxyl groups is 1. The van der Waals surface area contributed by atoms with Gasteiger partial charge >= 0.3 is 0 Å². The van der Waals surface area contributed by atoms with Gasteiger partial charge in [0.2, 0.25) is 0 Å². The van der Waals surface area contributed by atoms with Crippen LogP contribution in [0.25, 0.3) is 5.70 Å². The molecule has 2 saturated carbocycles. The molecule has 5 unspecified atom stereocenters. The van der Waals surface area contributed by atoms with Crippen LogP contribution >= 0.6 is 0 Å². The lowest BCUT2D eigenvalue weighted by Crippen LogP contribution is -2.45. The molecule has 1 N–H and O–H groups in total. The number of carbonyl (C=O) groups is 1. The smallest absolute Gasteiger partial charge is 0.156 e.